The van der Waals surface area contributed by atoms with Gasteiger partial charge < -0.3 is 14.8 Å². The first kappa shape index (κ1) is 16.4. The smallest absolute Gasteiger partial charge is 0.271 e. The number of rotatable bonds is 5. The SMILES string of the molecule is COc1cccc(CNC(=O)c2nc(Cl)ccc2Cl)c1OC. The van der Waals surface area contributed by atoms with Crippen molar-refractivity contribution in [1.29, 1.82) is 0 Å². The zero-order valence-electron chi connectivity index (χ0n) is 12.0. The molecule has 0 aliphatic rings. The number of pyridine rings is 1. The first-order valence-electron chi connectivity index (χ1n) is 6.37. The Morgan fingerprint density at radius 3 is 2.64 bits per heavy atom. The number of ether oxygens (including phenoxy) is 2. The largest absolute Gasteiger partial charge is 0.493 e. The number of nitrogens with one attached hydrogen (secondary N) is 1. The molecule has 22 heavy (non-hydrogen) atoms. The number of hydrogen-bond donors (Lipinski definition) is 1. The van der Waals surface area contributed by atoms with Crippen LogP contribution in [-0.4, -0.2) is 25.1 Å². The maximum atomic E-state index is 12.2. The molecule has 2 rings (SSSR count). The summed E-state index contributed by atoms with van der Waals surface area (Å²) >= 11 is 11.7. The fourth-order valence-electron chi connectivity index (χ4n) is 1.93. The molecule has 0 bridgehead atoms. The molecule has 0 atom stereocenters. The minimum Gasteiger partial charge on any atom is -0.493 e. The second-order valence-electron chi connectivity index (χ2n) is 4.30. The number of benzene rings is 1. The number of nitrogens with zero attached hydrogens (tertiary/aromatic N) is 1. The van der Waals surface area contributed by atoms with Gasteiger partial charge in [0.25, 0.3) is 5.91 Å². The van der Waals surface area contributed by atoms with E-state index in [2.05, 4.69) is 10.3 Å². The minimum atomic E-state index is -0.419. The summed E-state index contributed by atoms with van der Waals surface area (Å²) in [6.45, 7) is 0.240. The van der Waals surface area contributed by atoms with Crippen LogP contribution in [0.1, 0.15) is 16.1 Å². The summed E-state index contributed by atoms with van der Waals surface area (Å²) in [7, 11) is 3.09. The lowest BCUT2D eigenvalue weighted by Crippen LogP contribution is -2.24. The highest BCUT2D eigenvalue weighted by Crippen LogP contribution is 2.30. The van der Waals surface area contributed by atoms with Gasteiger partial charge in [0.05, 0.1) is 19.2 Å². The Bertz CT molecular complexity index is 692. The number of halogens is 2. The van der Waals surface area contributed by atoms with Gasteiger partial charge in [-0.2, -0.15) is 0 Å². The molecular weight excluding hydrogens is 327 g/mol. The number of methoxy groups -OCH3 is 2. The first-order chi connectivity index (χ1) is 10.6. The molecule has 1 aromatic heterocycles. The number of carbonyl (C=O) groups is 1. The van der Waals surface area contributed by atoms with Crippen LogP contribution >= 0.6 is 23.2 Å². The molecule has 1 N–H and O–H groups in total. The van der Waals surface area contributed by atoms with Crippen molar-refractivity contribution in [3.8, 4) is 11.5 Å². The van der Waals surface area contributed by atoms with Crippen molar-refractivity contribution in [1.82, 2.24) is 10.3 Å². The van der Waals surface area contributed by atoms with E-state index >= 15 is 0 Å². The van der Waals surface area contributed by atoms with E-state index in [1.165, 1.54) is 12.1 Å². The number of amides is 1. The monoisotopic (exact) mass is 340 g/mol. The standard InChI is InChI=1S/C15H14Cl2N2O3/c1-21-11-5-3-4-9(14(11)22-2)8-18-15(20)13-10(16)6-7-12(17)19-13/h3-7H,8H2,1-2H3,(H,18,20). The number of para-hydroxylation sites is 1. The summed E-state index contributed by atoms with van der Waals surface area (Å²) in [5.74, 6) is 0.737. The second kappa shape index (κ2) is 7.33. The van der Waals surface area contributed by atoms with Crippen molar-refractivity contribution in [2.45, 2.75) is 6.54 Å². The van der Waals surface area contributed by atoms with Crippen LogP contribution in [0.15, 0.2) is 30.3 Å². The highest BCUT2D eigenvalue weighted by Gasteiger charge is 2.15. The van der Waals surface area contributed by atoms with Gasteiger partial charge in [-0.1, -0.05) is 35.3 Å². The lowest BCUT2D eigenvalue weighted by atomic mass is 10.2. The quantitative estimate of drug-likeness (QED) is 0.848. The molecule has 1 heterocycles. The van der Waals surface area contributed by atoms with Crippen LogP contribution in [0.3, 0.4) is 0 Å². The van der Waals surface area contributed by atoms with E-state index < -0.39 is 5.91 Å². The summed E-state index contributed by atoms with van der Waals surface area (Å²) < 4.78 is 10.5. The molecule has 1 aromatic carbocycles. The molecule has 0 fully saturated rings. The predicted octanol–water partition coefficient (Wildman–Crippen LogP) is 3.34. The topological polar surface area (TPSA) is 60.5 Å². The van der Waals surface area contributed by atoms with Crippen LogP contribution in [0.2, 0.25) is 10.2 Å². The number of carbonyl (C=O) groups excluding carboxylic acids is 1. The summed E-state index contributed by atoms with van der Waals surface area (Å²) in [5, 5.41) is 3.17. The lowest BCUT2D eigenvalue weighted by molar-refractivity contribution is 0.0946. The van der Waals surface area contributed by atoms with Crippen molar-refractivity contribution in [2.24, 2.45) is 0 Å². The van der Waals surface area contributed by atoms with Crippen LogP contribution in [-0.2, 0) is 6.54 Å². The van der Waals surface area contributed by atoms with E-state index in [0.29, 0.717) is 11.5 Å². The summed E-state index contributed by atoms with van der Waals surface area (Å²) in [6.07, 6.45) is 0. The van der Waals surface area contributed by atoms with Crippen molar-refractivity contribution in [3.63, 3.8) is 0 Å². The molecule has 0 aliphatic carbocycles. The Labute approximate surface area is 138 Å². The van der Waals surface area contributed by atoms with E-state index in [1.807, 2.05) is 12.1 Å². The average molecular weight is 341 g/mol. The minimum absolute atomic E-state index is 0.0797. The summed E-state index contributed by atoms with van der Waals surface area (Å²) in [5.41, 5.74) is 0.851. The fraction of sp³-hybridized carbons (Fsp3) is 0.200. The third kappa shape index (κ3) is 3.61. The van der Waals surface area contributed by atoms with E-state index in [9.17, 15) is 4.79 Å². The molecule has 0 radical (unpaired) electrons. The van der Waals surface area contributed by atoms with Gasteiger partial charge in [-0.05, 0) is 18.2 Å². The van der Waals surface area contributed by atoms with Gasteiger partial charge in [-0.3, -0.25) is 4.79 Å². The Morgan fingerprint density at radius 1 is 1.18 bits per heavy atom. The van der Waals surface area contributed by atoms with Gasteiger partial charge >= 0.3 is 0 Å². The van der Waals surface area contributed by atoms with Crippen molar-refractivity contribution in [2.75, 3.05) is 14.2 Å². The van der Waals surface area contributed by atoms with Crippen molar-refractivity contribution < 1.29 is 14.3 Å². The van der Waals surface area contributed by atoms with Gasteiger partial charge in [-0.25, -0.2) is 4.98 Å². The number of aromatic nitrogens is 1. The zero-order chi connectivity index (χ0) is 16.1. The highest BCUT2D eigenvalue weighted by atomic mass is 35.5. The van der Waals surface area contributed by atoms with E-state index in [-0.39, 0.29) is 22.4 Å². The van der Waals surface area contributed by atoms with Gasteiger partial charge in [0.2, 0.25) is 0 Å². The normalized spacial score (nSPS) is 10.2. The molecule has 7 heteroatoms. The third-order valence-corrected chi connectivity index (χ3v) is 3.47. The molecular formula is C15H14Cl2N2O3. The maximum Gasteiger partial charge on any atom is 0.271 e. The van der Waals surface area contributed by atoms with Crippen LogP contribution in [0.5, 0.6) is 11.5 Å². The molecule has 0 aliphatic heterocycles. The first-order valence-corrected chi connectivity index (χ1v) is 7.12. The highest BCUT2D eigenvalue weighted by molar-refractivity contribution is 6.34. The Morgan fingerprint density at radius 2 is 1.95 bits per heavy atom. The summed E-state index contributed by atoms with van der Waals surface area (Å²) in [4.78, 5) is 16.1. The Kier molecular flexibility index (Phi) is 5.46. The average Bonchev–Trinajstić information content (AvgIpc) is 2.54. The van der Waals surface area contributed by atoms with Gasteiger partial charge in [0.1, 0.15) is 10.8 Å². The second-order valence-corrected chi connectivity index (χ2v) is 5.09. The van der Waals surface area contributed by atoms with Gasteiger partial charge in [-0.15, -0.1) is 0 Å². The van der Waals surface area contributed by atoms with Crippen molar-refractivity contribution in [3.05, 3.63) is 51.8 Å². The molecule has 116 valence electrons. The third-order valence-electron chi connectivity index (χ3n) is 2.95. The lowest BCUT2D eigenvalue weighted by Gasteiger charge is -2.13. The van der Waals surface area contributed by atoms with Gasteiger partial charge in [0.15, 0.2) is 11.5 Å². The number of hydrogen-bond acceptors (Lipinski definition) is 4. The van der Waals surface area contributed by atoms with E-state index in [1.54, 1.807) is 20.3 Å². The predicted molar refractivity (Wildman–Crippen MR) is 85.0 cm³/mol. The van der Waals surface area contributed by atoms with Crippen LogP contribution in [0.4, 0.5) is 0 Å². The molecule has 0 saturated carbocycles. The molecule has 0 spiro atoms. The molecule has 0 unspecified atom stereocenters. The molecule has 5 nitrogen and oxygen atoms in total. The Balaban J connectivity index is 2.16. The van der Waals surface area contributed by atoms with Crippen LogP contribution in [0.25, 0.3) is 0 Å². The summed E-state index contributed by atoms with van der Waals surface area (Å²) in [6, 6.07) is 8.46. The molecule has 0 saturated heterocycles. The maximum absolute atomic E-state index is 12.2. The van der Waals surface area contributed by atoms with Crippen molar-refractivity contribution >= 4 is 29.1 Å². The molecule has 1 amide bonds. The fourth-order valence-corrected chi connectivity index (χ4v) is 2.27. The van der Waals surface area contributed by atoms with E-state index in [0.717, 1.165) is 5.56 Å². The zero-order valence-corrected chi connectivity index (χ0v) is 13.5. The molecule has 2 aromatic rings. The van der Waals surface area contributed by atoms with E-state index in [4.69, 9.17) is 32.7 Å². The van der Waals surface area contributed by atoms with Crippen LogP contribution in [0, 0.1) is 0 Å². The van der Waals surface area contributed by atoms with Crippen LogP contribution < -0.4 is 14.8 Å². The Hall–Kier alpha value is -1.98. The van der Waals surface area contributed by atoms with Gasteiger partial charge in [0, 0.05) is 12.1 Å².